The predicted octanol–water partition coefficient (Wildman–Crippen LogP) is 3.80. The van der Waals surface area contributed by atoms with Crippen LogP contribution < -0.4 is 4.90 Å². The van der Waals surface area contributed by atoms with Gasteiger partial charge in [-0.25, -0.2) is 9.97 Å². The molecule has 5 nitrogen and oxygen atoms in total. The minimum atomic E-state index is -4.44. The summed E-state index contributed by atoms with van der Waals surface area (Å²) in [6.45, 7) is 4.15. The normalized spacial score (nSPS) is 16.0. The molecular formula is C21H25F3N4O. The zero-order valence-electron chi connectivity index (χ0n) is 16.4. The molecule has 0 saturated carbocycles. The highest BCUT2D eigenvalue weighted by Gasteiger charge is 2.32. The van der Waals surface area contributed by atoms with Crippen LogP contribution in [0.2, 0.25) is 0 Å². The third-order valence-electron chi connectivity index (χ3n) is 5.17. The average Bonchev–Trinajstić information content (AvgIpc) is 2.72. The molecule has 156 valence electrons. The Morgan fingerprint density at radius 1 is 1.07 bits per heavy atom. The largest absolute Gasteiger partial charge is 0.419 e. The number of aryl methyl sites for hydroxylation is 1. The van der Waals surface area contributed by atoms with Crippen LogP contribution in [0.4, 0.5) is 19.1 Å². The van der Waals surface area contributed by atoms with Gasteiger partial charge in [-0.1, -0.05) is 37.3 Å². The Hall–Kier alpha value is -2.64. The van der Waals surface area contributed by atoms with Gasteiger partial charge in [0.2, 0.25) is 11.9 Å². The summed E-state index contributed by atoms with van der Waals surface area (Å²) in [6, 6.07) is 10.2. The molecule has 1 aromatic carbocycles. The lowest BCUT2D eigenvalue weighted by atomic mass is 9.97. The molecule has 1 atom stereocenters. The summed E-state index contributed by atoms with van der Waals surface area (Å²) in [5, 5.41) is 0. The van der Waals surface area contributed by atoms with Gasteiger partial charge < -0.3 is 9.80 Å². The first kappa shape index (κ1) is 21.1. The molecule has 29 heavy (non-hydrogen) atoms. The van der Waals surface area contributed by atoms with E-state index in [2.05, 4.69) is 29.0 Å². The van der Waals surface area contributed by atoms with Gasteiger partial charge in [-0.2, -0.15) is 13.2 Å². The maximum atomic E-state index is 12.6. The van der Waals surface area contributed by atoms with Crippen LogP contribution in [-0.4, -0.2) is 47.0 Å². The Labute approximate surface area is 168 Å². The molecule has 2 aromatic rings. The van der Waals surface area contributed by atoms with Crippen molar-refractivity contribution in [3.8, 4) is 0 Å². The fourth-order valence-electron chi connectivity index (χ4n) is 3.37. The molecule has 1 fully saturated rings. The Balaban J connectivity index is 1.44. The summed E-state index contributed by atoms with van der Waals surface area (Å²) in [5.74, 6) is 0.679. The molecule has 0 radical (unpaired) electrons. The lowest BCUT2D eigenvalue weighted by Crippen LogP contribution is -2.49. The van der Waals surface area contributed by atoms with Gasteiger partial charge in [-0.3, -0.25) is 4.79 Å². The van der Waals surface area contributed by atoms with Crippen LogP contribution in [0.1, 0.15) is 30.9 Å². The molecule has 3 rings (SSSR count). The van der Waals surface area contributed by atoms with Gasteiger partial charge in [0, 0.05) is 45.0 Å². The SMILES string of the molecule is C[C@@H](CCc1ccccc1)CC(=O)N1CCN(c2ncc(C(F)(F)F)cn2)CC1. The van der Waals surface area contributed by atoms with Crippen LogP contribution in [0.25, 0.3) is 0 Å². The minimum absolute atomic E-state index is 0.124. The Morgan fingerprint density at radius 2 is 1.69 bits per heavy atom. The highest BCUT2D eigenvalue weighted by Crippen LogP contribution is 2.28. The molecule has 0 unspecified atom stereocenters. The van der Waals surface area contributed by atoms with E-state index in [4.69, 9.17) is 0 Å². The summed E-state index contributed by atoms with van der Waals surface area (Å²) in [5.41, 5.74) is 0.413. The van der Waals surface area contributed by atoms with Crippen molar-refractivity contribution in [2.24, 2.45) is 5.92 Å². The topological polar surface area (TPSA) is 49.3 Å². The number of nitrogens with zero attached hydrogens (tertiary/aromatic N) is 4. The van der Waals surface area contributed by atoms with Gasteiger partial charge in [-0.05, 0) is 24.3 Å². The molecule has 0 spiro atoms. The standard InChI is InChI=1S/C21H25F3N4O/c1-16(7-8-17-5-3-2-4-6-17)13-19(29)27-9-11-28(12-10-27)20-25-14-18(15-26-20)21(22,23)24/h2-6,14-16H,7-13H2,1H3/t16-/m0/s1. The lowest BCUT2D eigenvalue weighted by Gasteiger charge is -2.35. The van der Waals surface area contributed by atoms with Gasteiger partial charge in [0.25, 0.3) is 0 Å². The quantitative estimate of drug-likeness (QED) is 0.732. The molecular weight excluding hydrogens is 381 g/mol. The molecule has 1 saturated heterocycles. The van der Waals surface area contributed by atoms with Crippen molar-refractivity contribution in [1.82, 2.24) is 14.9 Å². The van der Waals surface area contributed by atoms with E-state index in [1.807, 2.05) is 28.0 Å². The fraction of sp³-hybridized carbons (Fsp3) is 0.476. The van der Waals surface area contributed by atoms with Crippen molar-refractivity contribution < 1.29 is 18.0 Å². The first-order valence-corrected chi connectivity index (χ1v) is 9.79. The molecule has 0 aliphatic carbocycles. The van der Waals surface area contributed by atoms with Crippen LogP contribution in [0, 0.1) is 5.92 Å². The van der Waals surface area contributed by atoms with Gasteiger partial charge in [0.05, 0.1) is 5.56 Å². The van der Waals surface area contributed by atoms with Gasteiger partial charge in [0.1, 0.15) is 0 Å². The van der Waals surface area contributed by atoms with Crippen LogP contribution in [-0.2, 0) is 17.4 Å². The van der Waals surface area contributed by atoms with E-state index >= 15 is 0 Å². The summed E-state index contributed by atoms with van der Waals surface area (Å²) in [6.07, 6.45) is -0.434. The fourth-order valence-corrected chi connectivity index (χ4v) is 3.37. The highest BCUT2D eigenvalue weighted by molar-refractivity contribution is 5.76. The number of benzene rings is 1. The molecule has 1 aliphatic rings. The number of piperazine rings is 1. The van der Waals surface area contributed by atoms with Gasteiger partial charge >= 0.3 is 6.18 Å². The zero-order valence-corrected chi connectivity index (χ0v) is 16.4. The van der Waals surface area contributed by atoms with E-state index in [0.29, 0.717) is 38.5 Å². The number of anilines is 1. The molecule has 1 aliphatic heterocycles. The minimum Gasteiger partial charge on any atom is -0.339 e. The van der Waals surface area contributed by atoms with E-state index in [9.17, 15) is 18.0 Å². The first-order chi connectivity index (χ1) is 13.8. The number of hydrogen-bond donors (Lipinski definition) is 0. The van der Waals surface area contributed by atoms with Crippen LogP contribution in [0.5, 0.6) is 0 Å². The van der Waals surface area contributed by atoms with Crippen LogP contribution in [0.15, 0.2) is 42.7 Å². The van der Waals surface area contributed by atoms with Crippen molar-refractivity contribution in [2.75, 3.05) is 31.1 Å². The van der Waals surface area contributed by atoms with Crippen molar-refractivity contribution in [3.63, 3.8) is 0 Å². The van der Waals surface area contributed by atoms with Crippen LogP contribution in [0.3, 0.4) is 0 Å². The summed E-state index contributed by atoms with van der Waals surface area (Å²) < 4.78 is 37.9. The summed E-state index contributed by atoms with van der Waals surface area (Å²) >= 11 is 0. The number of rotatable bonds is 6. The zero-order chi connectivity index (χ0) is 20.9. The van der Waals surface area contributed by atoms with Crippen molar-refractivity contribution in [3.05, 3.63) is 53.9 Å². The maximum Gasteiger partial charge on any atom is 0.419 e. The third kappa shape index (κ3) is 5.92. The number of halogens is 3. The van der Waals surface area contributed by atoms with E-state index < -0.39 is 11.7 Å². The van der Waals surface area contributed by atoms with E-state index in [0.717, 1.165) is 25.2 Å². The molecule has 0 bridgehead atoms. The number of hydrogen-bond acceptors (Lipinski definition) is 4. The second-order valence-corrected chi connectivity index (χ2v) is 7.47. The van der Waals surface area contributed by atoms with Crippen molar-refractivity contribution >= 4 is 11.9 Å². The summed E-state index contributed by atoms with van der Waals surface area (Å²) in [4.78, 5) is 23.9. The average molecular weight is 406 g/mol. The Kier molecular flexibility index (Phi) is 6.71. The van der Waals surface area contributed by atoms with E-state index in [1.165, 1.54) is 5.56 Å². The molecule has 8 heteroatoms. The monoisotopic (exact) mass is 406 g/mol. The third-order valence-corrected chi connectivity index (χ3v) is 5.17. The number of alkyl halides is 3. The second-order valence-electron chi connectivity index (χ2n) is 7.47. The predicted molar refractivity (Wildman–Crippen MR) is 104 cm³/mol. The smallest absolute Gasteiger partial charge is 0.339 e. The highest BCUT2D eigenvalue weighted by atomic mass is 19.4. The van der Waals surface area contributed by atoms with Crippen LogP contribution >= 0.6 is 0 Å². The van der Waals surface area contributed by atoms with Gasteiger partial charge in [0.15, 0.2) is 0 Å². The number of carbonyl (C=O) groups excluding carboxylic acids is 1. The molecule has 1 aromatic heterocycles. The van der Waals surface area contributed by atoms with E-state index in [-0.39, 0.29) is 11.9 Å². The summed E-state index contributed by atoms with van der Waals surface area (Å²) in [7, 11) is 0. The molecule has 2 heterocycles. The maximum absolute atomic E-state index is 12.6. The molecule has 0 N–H and O–H groups in total. The Morgan fingerprint density at radius 3 is 2.28 bits per heavy atom. The Bertz CT molecular complexity index is 788. The first-order valence-electron chi connectivity index (χ1n) is 9.79. The van der Waals surface area contributed by atoms with Gasteiger partial charge in [-0.15, -0.1) is 0 Å². The van der Waals surface area contributed by atoms with E-state index in [1.54, 1.807) is 0 Å². The van der Waals surface area contributed by atoms with Crippen molar-refractivity contribution in [2.45, 2.75) is 32.4 Å². The number of aromatic nitrogens is 2. The number of amides is 1. The molecule has 1 amide bonds. The van der Waals surface area contributed by atoms with Crippen molar-refractivity contribution in [1.29, 1.82) is 0 Å². The lowest BCUT2D eigenvalue weighted by molar-refractivity contribution is -0.138. The second kappa shape index (κ2) is 9.24. The number of carbonyl (C=O) groups is 1.